The maximum Gasteiger partial charge on any atom is 0.238 e. The summed E-state index contributed by atoms with van der Waals surface area (Å²) in [5.41, 5.74) is 2.04. The van der Waals surface area contributed by atoms with Crippen molar-refractivity contribution in [2.24, 2.45) is 0 Å². The number of benzene rings is 2. The molecule has 1 aliphatic heterocycles. The van der Waals surface area contributed by atoms with Crippen LogP contribution in [0.15, 0.2) is 54.6 Å². The highest BCUT2D eigenvalue weighted by Gasteiger charge is 2.51. The van der Waals surface area contributed by atoms with Gasteiger partial charge < -0.3 is 14.7 Å². The number of fused-ring (bicyclic) bond motifs is 1. The number of hydrogen-bond acceptors (Lipinski definition) is 3. The molecule has 0 radical (unpaired) electrons. The maximum absolute atomic E-state index is 13.5. The maximum atomic E-state index is 13.5. The average molecular weight is 380 g/mol. The van der Waals surface area contributed by atoms with E-state index in [2.05, 4.69) is 0 Å². The Bertz CT molecular complexity index is 850. The van der Waals surface area contributed by atoms with Crippen LogP contribution in [0, 0.1) is 0 Å². The zero-order chi connectivity index (χ0) is 20.3. The van der Waals surface area contributed by atoms with Crippen LogP contribution in [0.2, 0.25) is 0 Å². The topological polar surface area (TPSA) is 43.9 Å². The number of amides is 2. The Morgan fingerprint density at radius 2 is 1.61 bits per heavy atom. The third-order valence-electron chi connectivity index (χ3n) is 5.61. The minimum atomic E-state index is -0.865. The lowest BCUT2D eigenvalue weighted by Gasteiger charge is -2.30. The van der Waals surface area contributed by atoms with Crippen molar-refractivity contribution in [3.63, 3.8) is 0 Å². The predicted octanol–water partition coefficient (Wildman–Crippen LogP) is 2.55. The minimum absolute atomic E-state index is 0.00349. The fourth-order valence-electron chi connectivity index (χ4n) is 3.93. The lowest BCUT2D eigenvalue weighted by Crippen LogP contribution is -2.45. The van der Waals surface area contributed by atoms with Crippen molar-refractivity contribution in [3.05, 3.63) is 65.7 Å². The van der Waals surface area contributed by atoms with Gasteiger partial charge in [-0.3, -0.25) is 9.59 Å². The van der Waals surface area contributed by atoms with Gasteiger partial charge in [-0.1, -0.05) is 48.5 Å². The van der Waals surface area contributed by atoms with E-state index in [9.17, 15) is 9.59 Å². The molecule has 0 spiro atoms. The van der Waals surface area contributed by atoms with Gasteiger partial charge in [0.25, 0.3) is 0 Å². The zero-order valence-corrected chi connectivity index (χ0v) is 17.2. The summed E-state index contributed by atoms with van der Waals surface area (Å²) in [6.45, 7) is 1.43. The molecule has 28 heavy (non-hydrogen) atoms. The Morgan fingerprint density at radius 1 is 0.964 bits per heavy atom. The molecule has 2 amide bonds. The molecule has 1 heterocycles. The van der Waals surface area contributed by atoms with Crippen LogP contribution in [0.25, 0.3) is 0 Å². The molecule has 1 atom stereocenters. The van der Waals surface area contributed by atoms with Crippen LogP contribution < -0.4 is 4.90 Å². The molecule has 0 aromatic heterocycles. The van der Waals surface area contributed by atoms with Gasteiger partial charge in [-0.15, -0.1) is 0 Å². The van der Waals surface area contributed by atoms with Crippen molar-refractivity contribution in [1.82, 2.24) is 9.80 Å². The second-order valence-corrected chi connectivity index (χ2v) is 7.92. The van der Waals surface area contributed by atoms with E-state index in [4.69, 9.17) is 0 Å². The number of nitrogens with zero attached hydrogens (tertiary/aromatic N) is 3. The summed E-state index contributed by atoms with van der Waals surface area (Å²) in [5, 5.41) is 0. The molecule has 0 unspecified atom stereocenters. The van der Waals surface area contributed by atoms with E-state index in [0.29, 0.717) is 13.0 Å². The molecule has 0 N–H and O–H groups in total. The number of para-hydroxylation sites is 1. The zero-order valence-electron chi connectivity index (χ0n) is 17.2. The molecule has 0 saturated heterocycles. The molecule has 0 fully saturated rings. The van der Waals surface area contributed by atoms with Crippen LogP contribution in [0.5, 0.6) is 0 Å². The molecule has 5 nitrogen and oxygen atoms in total. The van der Waals surface area contributed by atoms with Crippen molar-refractivity contribution in [3.8, 4) is 0 Å². The lowest BCUT2D eigenvalue weighted by molar-refractivity contribution is -0.135. The summed E-state index contributed by atoms with van der Waals surface area (Å²) >= 11 is 0. The van der Waals surface area contributed by atoms with E-state index in [0.717, 1.165) is 23.4 Å². The van der Waals surface area contributed by atoms with Crippen LogP contribution >= 0.6 is 0 Å². The summed E-state index contributed by atoms with van der Waals surface area (Å²) < 4.78 is 0. The molecule has 148 valence electrons. The summed E-state index contributed by atoms with van der Waals surface area (Å²) in [6, 6.07) is 17.8. The van der Waals surface area contributed by atoms with Gasteiger partial charge >= 0.3 is 0 Å². The molecule has 0 saturated carbocycles. The van der Waals surface area contributed by atoms with Crippen molar-refractivity contribution >= 4 is 17.5 Å². The second kappa shape index (κ2) is 8.15. The standard InChI is InChI=1S/C23H29N3O2/c1-24(2)14-15-25(3)21(27)17-23(16-18-10-6-5-7-11-18)19-12-8-9-13-20(19)26(4)22(23)28/h5-13H,14-17H2,1-4H3/t23-/m1/s1. The molecule has 0 aliphatic carbocycles. The Morgan fingerprint density at radius 3 is 2.29 bits per heavy atom. The summed E-state index contributed by atoms with van der Waals surface area (Å²) in [6.07, 6.45) is 0.688. The minimum Gasteiger partial charge on any atom is -0.344 e. The number of rotatable bonds is 7. The van der Waals surface area contributed by atoms with E-state index in [1.54, 1.807) is 16.8 Å². The third-order valence-corrected chi connectivity index (χ3v) is 5.61. The molecule has 2 aromatic rings. The van der Waals surface area contributed by atoms with Gasteiger partial charge in [-0.25, -0.2) is 0 Å². The molecule has 5 heteroatoms. The predicted molar refractivity (Wildman–Crippen MR) is 112 cm³/mol. The molecule has 1 aliphatic rings. The van der Waals surface area contributed by atoms with Crippen molar-refractivity contribution in [1.29, 1.82) is 0 Å². The quantitative estimate of drug-likeness (QED) is 0.743. The summed E-state index contributed by atoms with van der Waals surface area (Å²) in [4.78, 5) is 32.1. The highest BCUT2D eigenvalue weighted by molar-refractivity contribution is 6.09. The van der Waals surface area contributed by atoms with Crippen LogP contribution in [-0.4, -0.2) is 62.9 Å². The van der Waals surface area contributed by atoms with Gasteiger partial charge in [0.05, 0.1) is 5.41 Å². The van der Waals surface area contributed by atoms with Gasteiger partial charge in [-0.2, -0.15) is 0 Å². The molecule has 0 bridgehead atoms. The highest BCUT2D eigenvalue weighted by atomic mass is 16.2. The van der Waals surface area contributed by atoms with Crippen LogP contribution in [0.3, 0.4) is 0 Å². The fourth-order valence-corrected chi connectivity index (χ4v) is 3.93. The van der Waals surface area contributed by atoms with Crippen molar-refractivity contribution in [2.75, 3.05) is 46.2 Å². The molecular weight excluding hydrogens is 350 g/mol. The van der Waals surface area contributed by atoms with E-state index in [-0.39, 0.29) is 18.2 Å². The molecule has 3 rings (SSSR count). The first-order valence-corrected chi connectivity index (χ1v) is 9.65. The first-order chi connectivity index (χ1) is 13.3. The number of hydrogen-bond donors (Lipinski definition) is 0. The average Bonchev–Trinajstić information content (AvgIpc) is 2.89. The van der Waals surface area contributed by atoms with Gasteiger partial charge in [-0.05, 0) is 37.7 Å². The van der Waals surface area contributed by atoms with Crippen LogP contribution in [0.4, 0.5) is 5.69 Å². The summed E-state index contributed by atoms with van der Waals surface area (Å²) in [5.74, 6) is -0.0110. The Balaban J connectivity index is 1.97. The smallest absolute Gasteiger partial charge is 0.238 e. The first-order valence-electron chi connectivity index (χ1n) is 9.65. The third kappa shape index (κ3) is 3.80. The summed E-state index contributed by atoms with van der Waals surface area (Å²) in [7, 11) is 7.59. The Hall–Kier alpha value is -2.66. The number of anilines is 1. The SMILES string of the molecule is CN(C)CCN(C)C(=O)C[C@@]1(Cc2ccccc2)C(=O)N(C)c2ccccc21. The van der Waals surface area contributed by atoms with E-state index >= 15 is 0 Å². The Kier molecular flexibility index (Phi) is 5.84. The van der Waals surface area contributed by atoms with E-state index in [1.807, 2.05) is 80.6 Å². The van der Waals surface area contributed by atoms with Gasteiger partial charge in [0.1, 0.15) is 0 Å². The fraction of sp³-hybridized carbons (Fsp3) is 0.391. The van der Waals surface area contributed by atoms with Gasteiger partial charge in [0, 0.05) is 39.3 Å². The van der Waals surface area contributed by atoms with Gasteiger partial charge in [0.15, 0.2) is 0 Å². The Labute approximate surface area is 167 Å². The van der Waals surface area contributed by atoms with Crippen molar-refractivity contribution in [2.45, 2.75) is 18.3 Å². The highest BCUT2D eigenvalue weighted by Crippen LogP contribution is 2.45. The van der Waals surface area contributed by atoms with Crippen molar-refractivity contribution < 1.29 is 9.59 Å². The molecular formula is C23H29N3O2. The monoisotopic (exact) mass is 379 g/mol. The first kappa shape index (κ1) is 20.1. The second-order valence-electron chi connectivity index (χ2n) is 7.92. The molecule has 2 aromatic carbocycles. The van der Waals surface area contributed by atoms with Crippen LogP contribution in [0.1, 0.15) is 17.5 Å². The van der Waals surface area contributed by atoms with Gasteiger partial charge in [0.2, 0.25) is 11.8 Å². The lowest BCUT2D eigenvalue weighted by atomic mass is 9.73. The van der Waals surface area contributed by atoms with E-state index in [1.165, 1.54) is 0 Å². The largest absolute Gasteiger partial charge is 0.344 e. The number of likely N-dealkylation sites (N-methyl/N-ethyl adjacent to an activating group) is 3. The van der Waals surface area contributed by atoms with E-state index < -0.39 is 5.41 Å². The number of carbonyl (C=O) groups excluding carboxylic acids is 2. The number of carbonyl (C=O) groups is 2. The normalized spacial score (nSPS) is 18.5. The van der Waals surface area contributed by atoms with Crippen LogP contribution in [-0.2, 0) is 21.4 Å².